The lowest BCUT2D eigenvalue weighted by atomic mass is 9.92. The lowest BCUT2D eigenvalue weighted by Crippen LogP contribution is -2.28. The van der Waals surface area contributed by atoms with Gasteiger partial charge in [0, 0.05) is 5.69 Å². The summed E-state index contributed by atoms with van der Waals surface area (Å²) >= 11 is 0. The van der Waals surface area contributed by atoms with Crippen LogP contribution in [0.1, 0.15) is 32.8 Å². The first-order valence-electron chi connectivity index (χ1n) is 7.71. The van der Waals surface area contributed by atoms with E-state index in [2.05, 4.69) is 5.32 Å². The molecule has 0 fully saturated rings. The second-order valence-electron chi connectivity index (χ2n) is 6.06. The topological polar surface area (TPSA) is 58.6 Å². The summed E-state index contributed by atoms with van der Waals surface area (Å²) in [5.41, 5.74) is 0.192. The summed E-state index contributed by atoms with van der Waals surface area (Å²) in [6, 6.07) is 16.4. The first kappa shape index (κ1) is 17.0. The summed E-state index contributed by atoms with van der Waals surface area (Å²) in [5, 5.41) is 13.3. The van der Waals surface area contributed by atoms with Crippen LogP contribution in [0, 0.1) is 0 Å². The van der Waals surface area contributed by atoms with Crippen LogP contribution in [-0.2, 0) is 10.4 Å². The molecule has 0 radical (unpaired) electrons. The molecule has 2 aromatic carbocycles. The van der Waals surface area contributed by atoms with Crippen LogP contribution in [-0.4, -0.2) is 17.1 Å². The molecule has 122 valence electrons. The third kappa shape index (κ3) is 5.11. The number of carbonyl (C=O) groups excluding carboxylic acids is 1. The zero-order valence-electron chi connectivity index (χ0n) is 13.7. The van der Waals surface area contributed by atoms with E-state index in [1.54, 1.807) is 19.1 Å². The van der Waals surface area contributed by atoms with Crippen molar-refractivity contribution < 1.29 is 14.6 Å². The maximum absolute atomic E-state index is 12.2. The predicted molar refractivity (Wildman–Crippen MR) is 91.5 cm³/mol. The molecule has 0 aromatic heterocycles. The van der Waals surface area contributed by atoms with Gasteiger partial charge in [0.25, 0.3) is 0 Å². The number of amides is 1. The molecule has 0 aliphatic carbocycles. The van der Waals surface area contributed by atoms with Gasteiger partial charge in [-0.25, -0.2) is 0 Å². The summed E-state index contributed by atoms with van der Waals surface area (Å²) < 4.78 is 5.56. The number of hydrogen-bond acceptors (Lipinski definition) is 3. The Morgan fingerprint density at radius 1 is 1.13 bits per heavy atom. The Labute approximate surface area is 137 Å². The monoisotopic (exact) mass is 313 g/mol. The van der Waals surface area contributed by atoms with Gasteiger partial charge in [-0.3, -0.25) is 4.79 Å². The first-order chi connectivity index (χ1) is 10.9. The highest BCUT2D eigenvalue weighted by atomic mass is 16.5. The van der Waals surface area contributed by atoms with E-state index in [-0.39, 0.29) is 18.4 Å². The van der Waals surface area contributed by atoms with Crippen LogP contribution < -0.4 is 10.1 Å². The number of anilines is 1. The van der Waals surface area contributed by atoms with Gasteiger partial charge in [-0.05, 0) is 50.6 Å². The number of hydrogen-bond donors (Lipinski definition) is 2. The molecule has 1 amide bonds. The van der Waals surface area contributed by atoms with Gasteiger partial charge in [-0.15, -0.1) is 0 Å². The normalized spacial score (nSPS) is 13.4. The fraction of sp³-hybridized carbons (Fsp3) is 0.316. The fourth-order valence-corrected chi connectivity index (χ4v) is 2.31. The van der Waals surface area contributed by atoms with Crippen molar-refractivity contribution in [2.24, 2.45) is 0 Å². The Morgan fingerprint density at radius 3 is 2.30 bits per heavy atom. The molecule has 0 saturated heterocycles. The second kappa shape index (κ2) is 7.29. The van der Waals surface area contributed by atoms with E-state index >= 15 is 0 Å². The lowest BCUT2D eigenvalue weighted by molar-refractivity contribution is -0.120. The lowest BCUT2D eigenvalue weighted by Gasteiger charge is -2.23. The summed E-state index contributed by atoms with van der Waals surface area (Å²) in [4.78, 5) is 12.2. The molecule has 1 atom stereocenters. The molecule has 0 aliphatic heterocycles. The summed E-state index contributed by atoms with van der Waals surface area (Å²) in [6.45, 7) is 5.56. The Kier molecular flexibility index (Phi) is 5.40. The highest BCUT2D eigenvalue weighted by Gasteiger charge is 2.26. The van der Waals surface area contributed by atoms with Gasteiger partial charge in [-0.2, -0.15) is 0 Å². The van der Waals surface area contributed by atoms with E-state index in [4.69, 9.17) is 4.74 Å². The van der Waals surface area contributed by atoms with Crippen molar-refractivity contribution in [1.82, 2.24) is 0 Å². The van der Waals surface area contributed by atoms with Gasteiger partial charge in [0.1, 0.15) is 5.75 Å². The third-order valence-corrected chi connectivity index (χ3v) is 3.41. The Bertz CT molecular complexity index is 633. The fourth-order valence-electron chi connectivity index (χ4n) is 2.31. The second-order valence-corrected chi connectivity index (χ2v) is 6.06. The smallest absolute Gasteiger partial charge is 0.227 e. The van der Waals surface area contributed by atoms with E-state index in [0.717, 1.165) is 11.3 Å². The quantitative estimate of drug-likeness (QED) is 0.854. The minimum absolute atomic E-state index is 0.0126. The largest absolute Gasteiger partial charge is 0.491 e. The molecule has 1 unspecified atom stereocenters. The number of nitrogens with one attached hydrogen (secondary N) is 1. The van der Waals surface area contributed by atoms with Crippen LogP contribution in [0.15, 0.2) is 54.6 Å². The number of aliphatic hydroxyl groups is 1. The maximum Gasteiger partial charge on any atom is 0.227 e. The highest BCUT2D eigenvalue weighted by molar-refractivity contribution is 5.91. The van der Waals surface area contributed by atoms with E-state index in [0.29, 0.717) is 5.69 Å². The van der Waals surface area contributed by atoms with Gasteiger partial charge in [-0.1, -0.05) is 30.3 Å². The van der Waals surface area contributed by atoms with Crippen molar-refractivity contribution in [3.63, 3.8) is 0 Å². The maximum atomic E-state index is 12.2. The molecular formula is C19H23NO3. The van der Waals surface area contributed by atoms with Crippen LogP contribution in [0.2, 0.25) is 0 Å². The molecule has 2 N–H and O–H groups in total. The molecular weight excluding hydrogens is 290 g/mol. The molecule has 0 aliphatic rings. The zero-order chi connectivity index (χ0) is 16.9. The van der Waals surface area contributed by atoms with Crippen molar-refractivity contribution in [2.45, 2.75) is 38.9 Å². The van der Waals surface area contributed by atoms with Gasteiger partial charge in [0.15, 0.2) is 0 Å². The van der Waals surface area contributed by atoms with Crippen LogP contribution in [0.25, 0.3) is 0 Å². The van der Waals surface area contributed by atoms with Gasteiger partial charge in [0.05, 0.1) is 18.1 Å². The van der Waals surface area contributed by atoms with Crippen LogP contribution >= 0.6 is 0 Å². The van der Waals surface area contributed by atoms with Crippen molar-refractivity contribution >= 4 is 11.6 Å². The standard InChI is InChI=1S/C19H23NO3/c1-14(2)23-17-11-9-16(10-12-17)20-18(21)13-19(3,22)15-7-5-4-6-8-15/h4-12,14,22H,13H2,1-3H3,(H,20,21). The molecule has 4 nitrogen and oxygen atoms in total. The average molecular weight is 313 g/mol. The molecule has 0 bridgehead atoms. The van der Waals surface area contributed by atoms with Crippen molar-refractivity contribution in [1.29, 1.82) is 0 Å². The molecule has 0 saturated carbocycles. The minimum Gasteiger partial charge on any atom is -0.491 e. The van der Waals surface area contributed by atoms with Gasteiger partial charge < -0.3 is 15.2 Å². The first-order valence-corrected chi connectivity index (χ1v) is 7.71. The Morgan fingerprint density at radius 2 is 1.74 bits per heavy atom. The number of rotatable bonds is 6. The summed E-state index contributed by atoms with van der Waals surface area (Å²) in [6.07, 6.45) is 0.0951. The Balaban J connectivity index is 1.96. The predicted octanol–water partition coefficient (Wildman–Crippen LogP) is 3.71. The van der Waals surface area contributed by atoms with Gasteiger partial charge >= 0.3 is 0 Å². The van der Waals surface area contributed by atoms with E-state index < -0.39 is 5.60 Å². The zero-order valence-corrected chi connectivity index (χ0v) is 13.7. The molecule has 4 heteroatoms. The van der Waals surface area contributed by atoms with Crippen LogP contribution in [0.4, 0.5) is 5.69 Å². The number of carbonyl (C=O) groups is 1. The highest BCUT2D eigenvalue weighted by Crippen LogP contribution is 2.25. The Hall–Kier alpha value is -2.33. The minimum atomic E-state index is -1.20. The SMILES string of the molecule is CC(C)Oc1ccc(NC(=O)CC(C)(O)c2ccccc2)cc1. The van der Waals surface area contributed by atoms with Crippen molar-refractivity contribution in [3.8, 4) is 5.75 Å². The summed E-state index contributed by atoms with van der Waals surface area (Å²) in [5.74, 6) is 0.519. The third-order valence-electron chi connectivity index (χ3n) is 3.41. The van der Waals surface area contributed by atoms with E-state index in [1.807, 2.05) is 56.3 Å². The molecule has 0 heterocycles. The van der Waals surface area contributed by atoms with Crippen LogP contribution in [0.3, 0.4) is 0 Å². The summed E-state index contributed by atoms with van der Waals surface area (Å²) in [7, 11) is 0. The number of ether oxygens (including phenoxy) is 1. The molecule has 0 spiro atoms. The van der Waals surface area contributed by atoms with Crippen LogP contribution in [0.5, 0.6) is 5.75 Å². The van der Waals surface area contributed by atoms with E-state index in [1.165, 1.54) is 0 Å². The molecule has 2 aromatic rings. The van der Waals surface area contributed by atoms with Crippen molar-refractivity contribution in [2.75, 3.05) is 5.32 Å². The average Bonchev–Trinajstić information content (AvgIpc) is 2.49. The number of benzene rings is 2. The molecule has 2 rings (SSSR count). The van der Waals surface area contributed by atoms with Crippen molar-refractivity contribution in [3.05, 3.63) is 60.2 Å². The van der Waals surface area contributed by atoms with Gasteiger partial charge in [0.2, 0.25) is 5.91 Å². The van der Waals surface area contributed by atoms with E-state index in [9.17, 15) is 9.90 Å². The molecule has 23 heavy (non-hydrogen) atoms.